The molecule has 0 spiro atoms. The van der Waals surface area contributed by atoms with Gasteiger partial charge in [-0.2, -0.15) is 0 Å². The third kappa shape index (κ3) is 8.11. The second-order valence-electron chi connectivity index (χ2n) is 4.42. The third-order valence-electron chi connectivity index (χ3n) is 2.54. The van der Waals surface area contributed by atoms with E-state index >= 15 is 0 Å². The molecule has 0 heterocycles. The molecule has 6 heteroatoms. The number of halogens is 2. The van der Waals surface area contributed by atoms with Crippen molar-refractivity contribution in [1.82, 2.24) is 0 Å². The van der Waals surface area contributed by atoms with Crippen LogP contribution in [0.25, 0.3) is 6.08 Å². The molecule has 0 aliphatic heterocycles. The van der Waals surface area contributed by atoms with Crippen LogP contribution in [-0.2, 0) is 16.0 Å². The first-order valence-corrected chi connectivity index (χ1v) is 6.49. The number of carbonyl (C=O) groups is 2. The van der Waals surface area contributed by atoms with Gasteiger partial charge in [0.05, 0.1) is 6.42 Å². The molecule has 120 valence electrons. The van der Waals surface area contributed by atoms with Crippen LogP contribution in [0.4, 0.5) is 8.78 Å². The highest BCUT2D eigenvalue weighted by Gasteiger charge is 1.98. The minimum atomic E-state index is -1.04. The largest absolute Gasteiger partial charge is 0.481 e. The molecule has 0 saturated carbocycles. The van der Waals surface area contributed by atoms with E-state index in [9.17, 15) is 18.4 Å². The van der Waals surface area contributed by atoms with E-state index in [4.69, 9.17) is 10.2 Å². The highest BCUT2D eigenvalue weighted by atomic mass is 19.1. The Kier molecular flexibility index (Phi) is 7.13. The molecule has 0 saturated heterocycles. The van der Waals surface area contributed by atoms with Gasteiger partial charge in [-0.25, -0.2) is 13.6 Å². The van der Waals surface area contributed by atoms with E-state index in [0.29, 0.717) is 11.1 Å². The van der Waals surface area contributed by atoms with Crippen LogP contribution >= 0.6 is 0 Å². The summed E-state index contributed by atoms with van der Waals surface area (Å²) in [4.78, 5) is 20.2. The molecule has 0 aliphatic rings. The van der Waals surface area contributed by atoms with Crippen molar-refractivity contribution in [2.24, 2.45) is 0 Å². The van der Waals surface area contributed by atoms with E-state index in [2.05, 4.69) is 0 Å². The third-order valence-corrected chi connectivity index (χ3v) is 2.54. The molecule has 0 unspecified atom stereocenters. The smallest absolute Gasteiger partial charge is 0.328 e. The molecule has 2 N–H and O–H groups in total. The maximum atomic E-state index is 12.5. The van der Waals surface area contributed by atoms with Crippen LogP contribution in [-0.4, -0.2) is 22.2 Å². The predicted octanol–water partition coefficient (Wildman–Crippen LogP) is 3.38. The Labute approximate surface area is 131 Å². The lowest BCUT2D eigenvalue weighted by Crippen LogP contribution is -1.99. The van der Waals surface area contributed by atoms with Crippen molar-refractivity contribution in [3.8, 4) is 0 Å². The van der Waals surface area contributed by atoms with Gasteiger partial charge in [-0.15, -0.1) is 0 Å². The lowest BCUT2D eigenvalue weighted by Gasteiger charge is -1.94. The summed E-state index contributed by atoms with van der Waals surface area (Å²) in [5, 5.41) is 16.6. The van der Waals surface area contributed by atoms with Crippen molar-refractivity contribution in [3.05, 3.63) is 77.4 Å². The lowest BCUT2D eigenvalue weighted by atomic mass is 10.1. The van der Waals surface area contributed by atoms with E-state index in [1.54, 1.807) is 6.07 Å². The molecular formula is C17H14F2O4. The van der Waals surface area contributed by atoms with E-state index in [0.717, 1.165) is 6.08 Å². The first-order valence-electron chi connectivity index (χ1n) is 6.49. The summed E-state index contributed by atoms with van der Waals surface area (Å²) >= 11 is 0. The summed E-state index contributed by atoms with van der Waals surface area (Å²) in [6, 6.07) is 11.1. The highest BCUT2D eigenvalue weighted by molar-refractivity contribution is 5.85. The van der Waals surface area contributed by atoms with Crippen LogP contribution in [0.2, 0.25) is 0 Å². The number of rotatable bonds is 4. The fourth-order valence-corrected chi connectivity index (χ4v) is 1.55. The highest BCUT2D eigenvalue weighted by Crippen LogP contribution is 2.05. The van der Waals surface area contributed by atoms with Crippen LogP contribution in [0.5, 0.6) is 0 Å². The first-order chi connectivity index (χ1) is 10.9. The number of carboxylic acid groups (broad SMARTS) is 2. The van der Waals surface area contributed by atoms with Gasteiger partial charge in [0.1, 0.15) is 11.6 Å². The standard InChI is InChI=1S/C9H7FO2.C8H7FO2/c10-8-3-1-2-7(6-8)4-5-9(11)12;9-7-3-1-6(2-4-7)5-8(10)11/h1-6H,(H,11,12);1-4H,5H2,(H,10,11)/b5-4+;. The molecule has 0 fully saturated rings. The van der Waals surface area contributed by atoms with Crippen LogP contribution in [0.3, 0.4) is 0 Å². The maximum absolute atomic E-state index is 12.5. The quantitative estimate of drug-likeness (QED) is 0.847. The van der Waals surface area contributed by atoms with Crippen LogP contribution in [0.1, 0.15) is 11.1 Å². The topological polar surface area (TPSA) is 74.6 Å². The second kappa shape index (κ2) is 9.09. The van der Waals surface area contributed by atoms with Gasteiger partial charge in [-0.1, -0.05) is 24.3 Å². The molecule has 0 amide bonds. The van der Waals surface area contributed by atoms with E-state index in [-0.39, 0.29) is 18.1 Å². The molecule has 0 atom stereocenters. The molecule has 2 rings (SSSR count). The fourth-order valence-electron chi connectivity index (χ4n) is 1.55. The maximum Gasteiger partial charge on any atom is 0.328 e. The van der Waals surface area contributed by atoms with Crippen molar-refractivity contribution >= 4 is 18.0 Å². The van der Waals surface area contributed by atoms with Gasteiger partial charge in [0, 0.05) is 6.08 Å². The van der Waals surface area contributed by atoms with Crippen LogP contribution in [0.15, 0.2) is 54.6 Å². The molecule has 2 aromatic rings. The van der Waals surface area contributed by atoms with E-state index < -0.39 is 11.9 Å². The van der Waals surface area contributed by atoms with Gasteiger partial charge >= 0.3 is 11.9 Å². The fraction of sp³-hybridized carbons (Fsp3) is 0.0588. The molecule has 0 radical (unpaired) electrons. The second-order valence-corrected chi connectivity index (χ2v) is 4.42. The van der Waals surface area contributed by atoms with Gasteiger partial charge in [0.25, 0.3) is 0 Å². The monoisotopic (exact) mass is 320 g/mol. The average Bonchev–Trinajstić information content (AvgIpc) is 2.48. The minimum absolute atomic E-state index is 0.0553. The van der Waals surface area contributed by atoms with Crippen LogP contribution in [0, 0.1) is 11.6 Å². The lowest BCUT2D eigenvalue weighted by molar-refractivity contribution is -0.136. The molecule has 4 nitrogen and oxygen atoms in total. The van der Waals surface area contributed by atoms with Gasteiger partial charge in [0.2, 0.25) is 0 Å². The zero-order valence-corrected chi connectivity index (χ0v) is 11.9. The number of hydrogen-bond acceptors (Lipinski definition) is 2. The first kappa shape index (κ1) is 18.0. The Morgan fingerprint density at radius 2 is 1.61 bits per heavy atom. The molecule has 2 aromatic carbocycles. The van der Waals surface area contributed by atoms with Gasteiger partial charge < -0.3 is 10.2 Å². The van der Waals surface area contributed by atoms with E-state index in [1.807, 2.05) is 0 Å². The Balaban J connectivity index is 0.000000231. The van der Waals surface area contributed by atoms with Crippen molar-refractivity contribution < 1.29 is 28.6 Å². The zero-order valence-electron chi connectivity index (χ0n) is 11.9. The summed E-state index contributed by atoms with van der Waals surface area (Å²) < 4.78 is 24.8. The molecular weight excluding hydrogens is 306 g/mol. The zero-order chi connectivity index (χ0) is 17.2. The van der Waals surface area contributed by atoms with E-state index in [1.165, 1.54) is 48.5 Å². The summed E-state index contributed by atoms with van der Waals surface area (Å²) in [6.45, 7) is 0. The molecule has 0 aromatic heterocycles. The molecule has 0 bridgehead atoms. The van der Waals surface area contributed by atoms with Crippen LogP contribution < -0.4 is 0 Å². The Bertz CT molecular complexity index is 694. The van der Waals surface area contributed by atoms with Gasteiger partial charge in [0.15, 0.2) is 0 Å². The Morgan fingerprint density at radius 1 is 0.957 bits per heavy atom. The summed E-state index contributed by atoms with van der Waals surface area (Å²) in [7, 11) is 0. The van der Waals surface area contributed by atoms with Crippen molar-refractivity contribution in [2.45, 2.75) is 6.42 Å². The van der Waals surface area contributed by atoms with Gasteiger partial charge in [-0.05, 0) is 41.5 Å². The molecule has 23 heavy (non-hydrogen) atoms. The normalized spacial score (nSPS) is 10.0. The molecule has 0 aliphatic carbocycles. The summed E-state index contributed by atoms with van der Waals surface area (Å²) in [6.07, 6.45) is 2.25. The number of carboxylic acids is 2. The minimum Gasteiger partial charge on any atom is -0.481 e. The number of aliphatic carboxylic acids is 2. The number of hydrogen-bond donors (Lipinski definition) is 2. The van der Waals surface area contributed by atoms with Crippen molar-refractivity contribution in [1.29, 1.82) is 0 Å². The summed E-state index contributed by atoms with van der Waals surface area (Å²) in [5.41, 5.74) is 1.15. The summed E-state index contributed by atoms with van der Waals surface area (Å²) in [5.74, 6) is -2.67. The van der Waals surface area contributed by atoms with Crippen molar-refractivity contribution in [2.75, 3.05) is 0 Å². The van der Waals surface area contributed by atoms with Crippen molar-refractivity contribution in [3.63, 3.8) is 0 Å². The SMILES string of the molecule is O=C(O)/C=C/c1cccc(F)c1.O=C(O)Cc1ccc(F)cc1. The predicted molar refractivity (Wildman–Crippen MR) is 80.8 cm³/mol. The number of benzene rings is 2. The Morgan fingerprint density at radius 3 is 2.13 bits per heavy atom. The average molecular weight is 320 g/mol. The Hall–Kier alpha value is -3.02. The van der Waals surface area contributed by atoms with Gasteiger partial charge in [-0.3, -0.25) is 4.79 Å².